The Morgan fingerprint density at radius 2 is 1.53 bits per heavy atom. The standard InChI is InChI=1S/C26H29N3S/c1-21-9-8-10-22(19-21)20-25(23-11-4-2-5-12-23)27-26(30)29-17-15-28(16-18-29)24-13-6-3-7-14-24/h2-14,19,25H,15-18,20H2,1H3,(H,27,30). The fraction of sp³-hybridized carbons (Fsp3) is 0.269. The van der Waals surface area contributed by atoms with Gasteiger partial charge in [-0.25, -0.2) is 0 Å². The van der Waals surface area contributed by atoms with Gasteiger partial charge in [-0.15, -0.1) is 0 Å². The van der Waals surface area contributed by atoms with E-state index in [9.17, 15) is 0 Å². The van der Waals surface area contributed by atoms with Gasteiger partial charge in [0.25, 0.3) is 0 Å². The van der Waals surface area contributed by atoms with Crippen molar-refractivity contribution in [2.45, 2.75) is 19.4 Å². The highest BCUT2D eigenvalue weighted by Gasteiger charge is 2.21. The molecule has 0 radical (unpaired) electrons. The van der Waals surface area contributed by atoms with Crippen LogP contribution in [0.3, 0.4) is 0 Å². The predicted molar refractivity (Wildman–Crippen MR) is 130 cm³/mol. The first kappa shape index (κ1) is 20.4. The van der Waals surface area contributed by atoms with Crippen LogP contribution in [-0.2, 0) is 6.42 Å². The third-order valence-electron chi connectivity index (χ3n) is 5.71. The van der Waals surface area contributed by atoms with Gasteiger partial charge in [-0.3, -0.25) is 0 Å². The molecule has 1 fully saturated rings. The number of nitrogens with one attached hydrogen (secondary N) is 1. The maximum atomic E-state index is 5.84. The first-order valence-electron chi connectivity index (χ1n) is 10.6. The Bertz CT molecular complexity index is 950. The lowest BCUT2D eigenvalue weighted by Gasteiger charge is -2.38. The second-order valence-corrected chi connectivity index (χ2v) is 8.30. The van der Waals surface area contributed by atoms with Crippen LogP contribution in [0.5, 0.6) is 0 Å². The van der Waals surface area contributed by atoms with Gasteiger partial charge in [0.1, 0.15) is 0 Å². The Labute approximate surface area is 185 Å². The Kier molecular flexibility index (Phi) is 6.65. The molecule has 0 bridgehead atoms. The largest absolute Gasteiger partial charge is 0.368 e. The van der Waals surface area contributed by atoms with Crippen LogP contribution in [0.2, 0.25) is 0 Å². The summed E-state index contributed by atoms with van der Waals surface area (Å²) in [5.41, 5.74) is 5.17. The highest BCUT2D eigenvalue weighted by molar-refractivity contribution is 7.80. The molecule has 0 spiro atoms. The fourth-order valence-corrected chi connectivity index (χ4v) is 4.38. The smallest absolute Gasteiger partial charge is 0.169 e. The van der Waals surface area contributed by atoms with E-state index < -0.39 is 0 Å². The third kappa shape index (κ3) is 5.19. The van der Waals surface area contributed by atoms with E-state index in [1.807, 2.05) is 0 Å². The van der Waals surface area contributed by atoms with Gasteiger partial charge in [-0.1, -0.05) is 78.4 Å². The van der Waals surface area contributed by atoms with Gasteiger partial charge in [0.05, 0.1) is 6.04 Å². The van der Waals surface area contributed by atoms with Crippen LogP contribution in [0.1, 0.15) is 22.7 Å². The third-order valence-corrected chi connectivity index (χ3v) is 6.09. The minimum atomic E-state index is 0.160. The van der Waals surface area contributed by atoms with Gasteiger partial charge in [-0.2, -0.15) is 0 Å². The molecule has 3 nitrogen and oxygen atoms in total. The number of hydrogen-bond donors (Lipinski definition) is 1. The molecular weight excluding hydrogens is 386 g/mol. The molecule has 0 saturated carbocycles. The van der Waals surface area contributed by atoms with Crippen molar-refractivity contribution in [2.24, 2.45) is 0 Å². The first-order valence-corrected chi connectivity index (χ1v) is 11.1. The lowest BCUT2D eigenvalue weighted by molar-refractivity contribution is 0.374. The molecule has 1 unspecified atom stereocenters. The normalized spacial score (nSPS) is 15.0. The van der Waals surface area contributed by atoms with Crippen LogP contribution >= 0.6 is 12.2 Å². The summed E-state index contributed by atoms with van der Waals surface area (Å²) in [6, 6.07) is 30.2. The van der Waals surface area contributed by atoms with Crippen LogP contribution in [-0.4, -0.2) is 36.2 Å². The molecule has 4 heteroatoms. The Balaban J connectivity index is 1.42. The zero-order chi connectivity index (χ0) is 20.8. The zero-order valence-corrected chi connectivity index (χ0v) is 18.3. The van der Waals surface area contributed by atoms with E-state index in [-0.39, 0.29) is 6.04 Å². The number of rotatable bonds is 5. The lowest BCUT2D eigenvalue weighted by Crippen LogP contribution is -2.52. The van der Waals surface area contributed by atoms with Crippen LogP contribution in [0.25, 0.3) is 0 Å². The molecule has 1 atom stereocenters. The summed E-state index contributed by atoms with van der Waals surface area (Å²) in [6.45, 7) is 5.99. The van der Waals surface area contributed by atoms with E-state index in [0.29, 0.717) is 0 Å². The molecule has 1 aliphatic heterocycles. The number of para-hydroxylation sites is 1. The summed E-state index contributed by atoms with van der Waals surface area (Å²) in [5, 5.41) is 4.52. The van der Waals surface area contributed by atoms with E-state index in [1.54, 1.807) is 0 Å². The van der Waals surface area contributed by atoms with Crippen LogP contribution in [0.15, 0.2) is 84.9 Å². The van der Waals surface area contributed by atoms with E-state index in [0.717, 1.165) is 37.7 Å². The quantitative estimate of drug-likeness (QED) is 0.593. The molecule has 4 rings (SSSR count). The van der Waals surface area contributed by atoms with Gasteiger partial charge in [0.2, 0.25) is 0 Å². The molecule has 1 saturated heterocycles. The second kappa shape index (κ2) is 9.77. The Morgan fingerprint density at radius 3 is 2.20 bits per heavy atom. The lowest BCUT2D eigenvalue weighted by atomic mass is 9.98. The van der Waals surface area contributed by atoms with Crippen molar-refractivity contribution in [3.63, 3.8) is 0 Å². The minimum absolute atomic E-state index is 0.160. The molecule has 0 aliphatic carbocycles. The average molecular weight is 416 g/mol. The molecular formula is C26H29N3S. The monoisotopic (exact) mass is 415 g/mol. The number of benzene rings is 3. The molecule has 0 aromatic heterocycles. The summed E-state index contributed by atoms with van der Waals surface area (Å²) in [5.74, 6) is 0. The highest BCUT2D eigenvalue weighted by atomic mass is 32.1. The first-order chi connectivity index (χ1) is 14.7. The molecule has 154 valence electrons. The second-order valence-electron chi connectivity index (χ2n) is 7.92. The van der Waals surface area contributed by atoms with Crippen molar-refractivity contribution in [3.05, 3.63) is 102 Å². The van der Waals surface area contributed by atoms with Crippen molar-refractivity contribution in [3.8, 4) is 0 Å². The Hall–Kier alpha value is -2.85. The molecule has 1 aliphatic rings. The van der Waals surface area contributed by atoms with Gasteiger partial charge < -0.3 is 15.1 Å². The zero-order valence-electron chi connectivity index (χ0n) is 17.5. The molecule has 0 amide bonds. The van der Waals surface area contributed by atoms with E-state index in [2.05, 4.69) is 107 Å². The molecule has 1 N–H and O–H groups in total. The Morgan fingerprint density at radius 1 is 0.867 bits per heavy atom. The maximum absolute atomic E-state index is 5.84. The van der Waals surface area contributed by atoms with Crippen molar-refractivity contribution < 1.29 is 0 Å². The maximum Gasteiger partial charge on any atom is 0.169 e. The summed E-state index contributed by atoms with van der Waals surface area (Å²) >= 11 is 5.84. The van der Waals surface area contributed by atoms with Gasteiger partial charge in [0.15, 0.2) is 5.11 Å². The average Bonchev–Trinajstić information content (AvgIpc) is 2.80. The number of hydrogen-bond acceptors (Lipinski definition) is 2. The van der Waals surface area contributed by atoms with Crippen molar-refractivity contribution in [1.29, 1.82) is 0 Å². The topological polar surface area (TPSA) is 18.5 Å². The number of anilines is 1. The fourth-order valence-electron chi connectivity index (χ4n) is 4.06. The van der Waals surface area contributed by atoms with Crippen molar-refractivity contribution in [2.75, 3.05) is 31.1 Å². The van der Waals surface area contributed by atoms with Gasteiger partial charge in [-0.05, 0) is 48.8 Å². The summed E-state index contributed by atoms with van der Waals surface area (Å²) in [7, 11) is 0. The van der Waals surface area contributed by atoms with Crippen molar-refractivity contribution >= 4 is 23.0 Å². The van der Waals surface area contributed by atoms with E-state index >= 15 is 0 Å². The predicted octanol–water partition coefficient (Wildman–Crippen LogP) is 4.98. The number of piperazine rings is 1. The SMILES string of the molecule is Cc1cccc(CC(NC(=S)N2CCN(c3ccccc3)CC2)c2ccccc2)c1. The number of thiocarbonyl (C=S) groups is 1. The van der Waals surface area contributed by atoms with Gasteiger partial charge >= 0.3 is 0 Å². The van der Waals surface area contributed by atoms with Crippen LogP contribution < -0.4 is 10.2 Å². The minimum Gasteiger partial charge on any atom is -0.368 e. The van der Waals surface area contributed by atoms with Crippen molar-refractivity contribution in [1.82, 2.24) is 10.2 Å². The van der Waals surface area contributed by atoms with E-state index in [1.165, 1.54) is 22.4 Å². The molecule has 1 heterocycles. The van der Waals surface area contributed by atoms with Crippen LogP contribution in [0.4, 0.5) is 5.69 Å². The van der Waals surface area contributed by atoms with Gasteiger partial charge in [0, 0.05) is 31.9 Å². The molecule has 3 aromatic rings. The highest BCUT2D eigenvalue weighted by Crippen LogP contribution is 2.21. The van der Waals surface area contributed by atoms with E-state index in [4.69, 9.17) is 12.2 Å². The summed E-state index contributed by atoms with van der Waals surface area (Å²) < 4.78 is 0. The summed E-state index contributed by atoms with van der Waals surface area (Å²) in [4.78, 5) is 4.74. The summed E-state index contributed by atoms with van der Waals surface area (Å²) in [6.07, 6.45) is 0.913. The molecule has 3 aromatic carbocycles. The molecule has 30 heavy (non-hydrogen) atoms. The number of aryl methyl sites for hydroxylation is 1. The number of nitrogens with zero attached hydrogens (tertiary/aromatic N) is 2. The van der Waals surface area contributed by atoms with Crippen LogP contribution in [0, 0.1) is 6.92 Å².